The molecule has 7 unspecified atom stereocenters. The summed E-state index contributed by atoms with van der Waals surface area (Å²) in [5.74, 6) is 0.900. The molecule has 0 aliphatic carbocycles. The first-order valence-corrected chi connectivity index (χ1v) is 9.94. The minimum Gasteiger partial charge on any atom is -0.456 e. The number of ether oxygens (including phenoxy) is 4. The quantitative estimate of drug-likeness (QED) is 0.494. The summed E-state index contributed by atoms with van der Waals surface area (Å²) < 4.78 is 23.8. The van der Waals surface area contributed by atoms with Gasteiger partial charge in [0.1, 0.15) is 12.2 Å². The maximum Gasteiger partial charge on any atom is 0.312 e. The average molecular weight is 354 g/mol. The highest BCUT2D eigenvalue weighted by Gasteiger charge is 2.62. The molecule has 25 heavy (non-hydrogen) atoms. The second kappa shape index (κ2) is 7.53. The zero-order valence-electron chi connectivity index (χ0n) is 16.3. The zero-order chi connectivity index (χ0) is 18.2. The highest BCUT2D eigenvalue weighted by molar-refractivity contribution is 5.76. The molecule has 3 aliphatic heterocycles. The second-order valence-corrected chi connectivity index (χ2v) is 8.80. The van der Waals surface area contributed by atoms with E-state index in [1.54, 1.807) is 0 Å². The van der Waals surface area contributed by atoms with E-state index in [1.165, 1.54) is 0 Å². The molecule has 0 radical (unpaired) electrons. The second-order valence-electron chi connectivity index (χ2n) is 8.80. The molecule has 0 aromatic rings. The van der Waals surface area contributed by atoms with Crippen LogP contribution in [0.15, 0.2) is 0 Å². The Kier molecular flexibility index (Phi) is 5.76. The number of hydrogen-bond acceptors (Lipinski definition) is 5. The lowest BCUT2D eigenvalue weighted by molar-refractivity contribution is -0.152. The fourth-order valence-electron chi connectivity index (χ4n) is 4.84. The van der Waals surface area contributed by atoms with E-state index < -0.39 is 0 Å². The van der Waals surface area contributed by atoms with E-state index in [0.717, 1.165) is 32.3 Å². The van der Waals surface area contributed by atoms with Crippen LogP contribution in [0.1, 0.15) is 60.3 Å². The molecule has 3 heterocycles. The van der Waals surface area contributed by atoms with Gasteiger partial charge in [-0.3, -0.25) is 4.79 Å². The lowest BCUT2D eigenvalue weighted by Crippen LogP contribution is -2.35. The number of hydrogen-bond donors (Lipinski definition) is 0. The van der Waals surface area contributed by atoms with Gasteiger partial charge >= 0.3 is 5.97 Å². The molecule has 0 aromatic heterocycles. The Morgan fingerprint density at radius 3 is 2.68 bits per heavy atom. The predicted octanol–water partition coefficient (Wildman–Crippen LogP) is 3.34. The molecule has 0 aromatic carbocycles. The van der Waals surface area contributed by atoms with Gasteiger partial charge in [-0.15, -0.1) is 0 Å². The molecule has 0 N–H and O–H groups in total. The highest BCUT2D eigenvalue weighted by Crippen LogP contribution is 2.48. The molecule has 7 atom stereocenters. The van der Waals surface area contributed by atoms with Crippen LogP contribution in [0.25, 0.3) is 0 Å². The summed E-state index contributed by atoms with van der Waals surface area (Å²) >= 11 is 0. The fraction of sp³-hybridized carbons (Fsp3) is 0.950. The monoisotopic (exact) mass is 354 g/mol. The van der Waals surface area contributed by atoms with Gasteiger partial charge in [0, 0.05) is 19.6 Å². The van der Waals surface area contributed by atoms with Gasteiger partial charge in [0.25, 0.3) is 0 Å². The Bertz CT molecular complexity index is 479. The van der Waals surface area contributed by atoms with E-state index in [9.17, 15) is 4.79 Å². The van der Waals surface area contributed by atoms with Gasteiger partial charge in [-0.1, -0.05) is 20.8 Å². The first-order chi connectivity index (χ1) is 11.8. The molecule has 0 spiro atoms. The van der Waals surface area contributed by atoms with Crippen LogP contribution < -0.4 is 0 Å². The molecule has 3 fully saturated rings. The van der Waals surface area contributed by atoms with Gasteiger partial charge in [0.05, 0.1) is 17.6 Å². The van der Waals surface area contributed by atoms with Gasteiger partial charge < -0.3 is 18.9 Å². The SMILES string of the molecule is CCOCCC1(C)CC2OC3C(CC(C)CC(C)C)C(=O)OC3C2O1. The average Bonchev–Trinajstić information content (AvgIpc) is 3.08. The van der Waals surface area contributed by atoms with Crippen molar-refractivity contribution in [3.8, 4) is 0 Å². The Hall–Kier alpha value is -0.650. The number of carbonyl (C=O) groups excluding carboxylic acids is 1. The van der Waals surface area contributed by atoms with Crippen molar-refractivity contribution >= 4 is 5.97 Å². The van der Waals surface area contributed by atoms with Crippen LogP contribution in [0.4, 0.5) is 0 Å². The molecule has 3 rings (SSSR count). The van der Waals surface area contributed by atoms with Gasteiger partial charge in [-0.2, -0.15) is 0 Å². The van der Waals surface area contributed by atoms with Gasteiger partial charge in [0.15, 0.2) is 6.10 Å². The van der Waals surface area contributed by atoms with Crippen molar-refractivity contribution < 1.29 is 23.7 Å². The summed E-state index contributed by atoms with van der Waals surface area (Å²) in [6, 6.07) is 0. The third-order valence-electron chi connectivity index (χ3n) is 5.86. The largest absolute Gasteiger partial charge is 0.456 e. The lowest BCUT2D eigenvalue weighted by Gasteiger charge is -2.27. The normalized spacial score (nSPS) is 41.0. The third kappa shape index (κ3) is 4.04. The molecular formula is C20H34O5. The van der Waals surface area contributed by atoms with Crippen molar-refractivity contribution in [2.45, 2.75) is 90.3 Å². The van der Waals surface area contributed by atoms with Crippen LogP contribution in [0.5, 0.6) is 0 Å². The Labute approximate surface area is 151 Å². The smallest absolute Gasteiger partial charge is 0.312 e. The highest BCUT2D eigenvalue weighted by atomic mass is 16.7. The molecule has 5 nitrogen and oxygen atoms in total. The molecule has 144 valence electrons. The molecule has 3 aliphatic rings. The van der Waals surface area contributed by atoms with E-state index in [0.29, 0.717) is 18.4 Å². The number of carbonyl (C=O) groups is 1. The minimum absolute atomic E-state index is 0.0395. The number of fused-ring (bicyclic) bond motifs is 3. The summed E-state index contributed by atoms with van der Waals surface area (Å²) in [7, 11) is 0. The standard InChI is InChI=1S/C20H34O5/c1-6-22-8-7-20(5)11-15-17(25-20)18-16(23-15)14(19(21)24-18)10-13(4)9-12(2)3/h12-18H,6-11H2,1-5H3. The fourth-order valence-corrected chi connectivity index (χ4v) is 4.84. The maximum absolute atomic E-state index is 12.4. The van der Waals surface area contributed by atoms with Gasteiger partial charge in [-0.05, 0) is 44.9 Å². The van der Waals surface area contributed by atoms with E-state index in [2.05, 4.69) is 27.7 Å². The summed E-state index contributed by atoms with van der Waals surface area (Å²) in [4.78, 5) is 12.4. The summed E-state index contributed by atoms with van der Waals surface area (Å²) in [6.45, 7) is 12.2. The molecule has 3 saturated heterocycles. The van der Waals surface area contributed by atoms with Crippen LogP contribution in [0.3, 0.4) is 0 Å². The topological polar surface area (TPSA) is 54.0 Å². The molecular weight excluding hydrogens is 320 g/mol. The van der Waals surface area contributed by atoms with Gasteiger partial charge in [-0.25, -0.2) is 0 Å². The number of esters is 1. The third-order valence-corrected chi connectivity index (χ3v) is 5.86. The molecule has 5 heteroatoms. The van der Waals surface area contributed by atoms with Crippen LogP contribution in [0, 0.1) is 17.8 Å². The van der Waals surface area contributed by atoms with Crippen LogP contribution >= 0.6 is 0 Å². The van der Waals surface area contributed by atoms with E-state index in [-0.39, 0.29) is 41.9 Å². The summed E-state index contributed by atoms with van der Waals surface area (Å²) in [6.07, 6.45) is 3.22. The van der Waals surface area contributed by atoms with Gasteiger partial charge in [0.2, 0.25) is 0 Å². The zero-order valence-corrected chi connectivity index (χ0v) is 16.3. The lowest BCUT2D eigenvalue weighted by atomic mass is 9.86. The van der Waals surface area contributed by atoms with Crippen molar-refractivity contribution in [3.05, 3.63) is 0 Å². The first kappa shape index (κ1) is 19.1. The predicted molar refractivity (Wildman–Crippen MR) is 94.3 cm³/mol. The van der Waals surface area contributed by atoms with Crippen LogP contribution in [-0.4, -0.2) is 49.2 Å². The van der Waals surface area contributed by atoms with E-state index in [4.69, 9.17) is 18.9 Å². The van der Waals surface area contributed by atoms with E-state index >= 15 is 0 Å². The van der Waals surface area contributed by atoms with Crippen molar-refractivity contribution in [1.29, 1.82) is 0 Å². The Morgan fingerprint density at radius 1 is 1.24 bits per heavy atom. The summed E-state index contributed by atoms with van der Waals surface area (Å²) in [5, 5.41) is 0. The van der Waals surface area contributed by atoms with Crippen LogP contribution in [-0.2, 0) is 23.7 Å². The first-order valence-electron chi connectivity index (χ1n) is 9.94. The van der Waals surface area contributed by atoms with Crippen LogP contribution in [0.2, 0.25) is 0 Å². The van der Waals surface area contributed by atoms with Crippen molar-refractivity contribution in [2.75, 3.05) is 13.2 Å². The summed E-state index contributed by atoms with van der Waals surface area (Å²) in [5.41, 5.74) is -0.245. The van der Waals surface area contributed by atoms with Crippen molar-refractivity contribution in [1.82, 2.24) is 0 Å². The Balaban J connectivity index is 1.59. The molecule has 0 amide bonds. The van der Waals surface area contributed by atoms with E-state index in [1.807, 2.05) is 6.92 Å². The molecule has 0 bridgehead atoms. The molecule has 0 saturated carbocycles. The number of rotatable bonds is 8. The maximum atomic E-state index is 12.4. The van der Waals surface area contributed by atoms with Crippen molar-refractivity contribution in [3.63, 3.8) is 0 Å². The van der Waals surface area contributed by atoms with Crippen molar-refractivity contribution in [2.24, 2.45) is 17.8 Å². The Morgan fingerprint density at radius 2 is 2.00 bits per heavy atom. The minimum atomic E-state index is -0.245.